The minimum absolute atomic E-state index is 0.118. The molecule has 0 bridgehead atoms. The molecule has 1 saturated carbocycles. The first kappa shape index (κ1) is 10.4. The number of nitrogens with zero attached hydrogens (tertiary/aromatic N) is 2. The largest absolute Gasteiger partial charge is 0.330 e. The maximum absolute atomic E-state index is 12.0. The van der Waals surface area contributed by atoms with Crippen molar-refractivity contribution in [3.05, 3.63) is 28.4 Å². The van der Waals surface area contributed by atoms with E-state index >= 15 is 0 Å². The monoisotopic (exact) mass is 207 g/mol. The molecule has 0 spiro atoms. The summed E-state index contributed by atoms with van der Waals surface area (Å²) < 4.78 is 1.76. The van der Waals surface area contributed by atoms with Crippen LogP contribution in [0.15, 0.2) is 17.3 Å². The lowest BCUT2D eigenvalue weighted by molar-refractivity contribution is 0.576. The summed E-state index contributed by atoms with van der Waals surface area (Å²) in [6.07, 6.45) is 6.27. The van der Waals surface area contributed by atoms with E-state index < -0.39 is 0 Å². The van der Waals surface area contributed by atoms with Gasteiger partial charge < -0.3 is 5.73 Å². The predicted molar refractivity (Wildman–Crippen MR) is 58.7 cm³/mol. The molecule has 15 heavy (non-hydrogen) atoms. The molecule has 1 aliphatic carbocycles. The van der Waals surface area contributed by atoms with Gasteiger partial charge in [0.05, 0.1) is 6.33 Å². The molecule has 1 atom stereocenters. The number of nitrogens with two attached hydrogens (primary N) is 1. The Hall–Kier alpha value is -1.16. The van der Waals surface area contributed by atoms with Crippen molar-refractivity contribution in [2.45, 2.75) is 32.2 Å². The van der Waals surface area contributed by atoms with Crippen LogP contribution in [0.1, 0.15) is 31.4 Å². The van der Waals surface area contributed by atoms with Gasteiger partial charge in [-0.25, -0.2) is 4.98 Å². The predicted octanol–water partition coefficient (Wildman–Crippen LogP) is 0.715. The Kier molecular flexibility index (Phi) is 2.86. The van der Waals surface area contributed by atoms with E-state index in [1.54, 1.807) is 17.1 Å². The van der Waals surface area contributed by atoms with Gasteiger partial charge in [0.25, 0.3) is 5.56 Å². The Morgan fingerprint density at radius 1 is 1.67 bits per heavy atom. The van der Waals surface area contributed by atoms with Crippen LogP contribution in [-0.4, -0.2) is 16.1 Å². The maximum Gasteiger partial charge on any atom is 0.256 e. The molecule has 82 valence electrons. The van der Waals surface area contributed by atoms with E-state index in [2.05, 4.69) is 4.98 Å². The van der Waals surface area contributed by atoms with Crippen molar-refractivity contribution < 1.29 is 0 Å². The van der Waals surface area contributed by atoms with E-state index in [4.69, 9.17) is 5.73 Å². The van der Waals surface area contributed by atoms with E-state index in [-0.39, 0.29) is 5.56 Å². The standard InChI is InChI=1S/C11H17N3O/c1-8(5-12)4-9-6-13-7-14(11(9)15)10-2-3-10/h6-8,10H,2-5,12H2,1H3. The van der Waals surface area contributed by atoms with Crippen LogP contribution < -0.4 is 11.3 Å². The van der Waals surface area contributed by atoms with Crippen LogP contribution in [0.25, 0.3) is 0 Å². The highest BCUT2D eigenvalue weighted by atomic mass is 16.1. The minimum Gasteiger partial charge on any atom is -0.330 e. The average molecular weight is 207 g/mol. The second-order valence-corrected chi connectivity index (χ2v) is 4.41. The third-order valence-corrected chi connectivity index (χ3v) is 2.84. The van der Waals surface area contributed by atoms with Crippen LogP contribution in [-0.2, 0) is 6.42 Å². The lowest BCUT2D eigenvalue weighted by Crippen LogP contribution is -2.25. The fourth-order valence-corrected chi connectivity index (χ4v) is 1.68. The Morgan fingerprint density at radius 3 is 3.00 bits per heavy atom. The third-order valence-electron chi connectivity index (χ3n) is 2.84. The molecule has 2 rings (SSSR count). The number of aromatic nitrogens is 2. The topological polar surface area (TPSA) is 60.9 Å². The highest BCUT2D eigenvalue weighted by Crippen LogP contribution is 2.32. The molecule has 1 aliphatic rings. The maximum atomic E-state index is 12.0. The van der Waals surface area contributed by atoms with Gasteiger partial charge in [-0.15, -0.1) is 0 Å². The smallest absolute Gasteiger partial charge is 0.256 e. The summed E-state index contributed by atoms with van der Waals surface area (Å²) >= 11 is 0. The molecule has 0 aliphatic heterocycles. The van der Waals surface area contributed by atoms with Gasteiger partial charge in [0, 0.05) is 17.8 Å². The summed E-state index contributed by atoms with van der Waals surface area (Å²) in [6.45, 7) is 2.66. The Labute approximate surface area is 89.1 Å². The van der Waals surface area contributed by atoms with Gasteiger partial charge in [0.15, 0.2) is 0 Å². The third kappa shape index (κ3) is 2.26. The van der Waals surface area contributed by atoms with Crippen LogP contribution in [0.2, 0.25) is 0 Å². The molecule has 1 fully saturated rings. The first-order valence-corrected chi connectivity index (χ1v) is 5.47. The van der Waals surface area contributed by atoms with E-state index in [0.29, 0.717) is 18.5 Å². The van der Waals surface area contributed by atoms with E-state index in [1.165, 1.54) is 0 Å². The van der Waals surface area contributed by atoms with Gasteiger partial charge in [-0.2, -0.15) is 0 Å². The lowest BCUT2D eigenvalue weighted by atomic mass is 10.0. The molecule has 0 radical (unpaired) electrons. The fraction of sp³-hybridized carbons (Fsp3) is 0.636. The molecule has 1 heterocycles. The molecular formula is C11H17N3O. The summed E-state index contributed by atoms with van der Waals surface area (Å²) in [7, 11) is 0. The number of hydrogen-bond donors (Lipinski definition) is 1. The van der Waals surface area contributed by atoms with Crippen LogP contribution in [0, 0.1) is 5.92 Å². The van der Waals surface area contributed by atoms with Gasteiger partial charge in [-0.1, -0.05) is 6.92 Å². The van der Waals surface area contributed by atoms with Gasteiger partial charge >= 0.3 is 0 Å². The van der Waals surface area contributed by atoms with Crippen molar-refractivity contribution in [1.29, 1.82) is 0 Å². The van der Waals surface area contributed by atoms with Crippen molar-refractivity contribution in [3.63, 3.8) is 0 Å². The molecule has 0 amide bonds. The van der Waals surface area contributed by atoms with E-state index in [0.717, 1.165) is 24.8 Å². The van der Waals surface area contributed by atoms with Gasteiger partial charge in [0.2, 0.25) is 0 Å². The first-order valence-electron chi connectivity index (χ1n) is 5.47. The van der Waals surface area contributed by atoms with E-state index in [1.807, 2.05) is 6.92 Å². The summed E-state index contributed by atoms with van der Waals surface area (Å²) in [5, 5.41) is 0. The number of rotatable bonds is 4. The first-order chi connectivity index (χ1) is 7.22. The van der Waals surface area contributed by atoms with Gasteiger partial charge in [-0.3, -0.25) is 9.36 Å². The van der Waals surface area contributed by atoms with Crippen LogP contribution in [0.3, 0.4) is 0 Å². The molecule has 0 aromatic carbocycles. The Balaban J connectivity index is 2.24. The van der Waals surface area contributed by atoms with Gasteiger partial charge in [-0.05, 0) is 31.7 Å². The molecular weight excluding hydrogens is 190 g/mol. The zero-order chi connectivity index (χ0) is 10.8. The highest BCUT2D eigenvalue weighted by molar-refractivity contribution is 5.07. The van der Waals surface area contributed by atoms with Crippen molar-refractivity contribution in [2.75, 3.05) is 6.54 Å². The normalized spacial score (nSPS) is 17.7. The summed E-state index contributed by atoms with van der Waals surface area (Å²) in [4.78, 5) is 16.1. The zero-order valence-corrected chi connectivity index (χ0v) is 9.02. The van der Waals surface area contributed by atoms with Crippen molar-refractivity contribution in [3.8, 4) is 0 Å². The van der Waals surface area contributed by atoms with Crippen LogP contribution in [0.5, 0.6) is 0 Å². The summed E-state index contributed by atoms with van der Waals surface area (Å²) in [5.41, 5.74) is 6.46. The molecule has 1 unspecified atom stereocenters. The molecule has 4 heteroatoms. The number of hydrogen-bond acceptors (Lipinski definition) is 3. The summed E-state index contributed by atoms with van der Waals surface area (Å²) in [5.74, 6) is 0.342. The molecule has 1 aromatic heterocycles. The molecule has 2 N–H and O–H groups in total. The Bertz CT molecular complexity index is 395. The molecule has 1 aromatic rings. The second kappa shape index (κ2) is 4.14. The molecule has 4 nitrogen and oxygen atoms in total. The Morgan fingerprint density at radius 2 is 2.40 bits per heavy atom. The van der Waals surface area contributed by atoms with E-state index in [9.17, 15) is 4.79 Å². The summed E-state index contributed by atoms with van der Waals surface area (Å²) in [6, 6.07) is 0.401. The SMILES string of the molecule is CC(CN)Cc1cncn(C2CC2)c1=O. The van der Waals surface area contributed by atoms with Crippen molar-refractivity contribution in [2.24, 2.45) is 11.7 Å². The molecule has 0 saturated heterocycles. The van der Waals surface area contributed by atoms with Crippen LogP contribution in [0.4, 0.5) is 0 Å². The highest BCUT2D eigenvalue weighted by Gasteiger charge is 2.25. The minimum atomic E-state index is 0.118. The second-order valence-electron chi connectivity index (χ2n) is 4.41. The van der Waals surface area contributed by atoms with Crippen molar-refractivity contribution in [1.82, 2.24) is 9.55 Å². The quantitative estimate of drug-likeness (QED) is 0.791. The fourth-order valence-electron chi connectivity index (χ4n) is 1.68. The lowest BCUT2D eigenvalue weighted by Gasteiger charge is -2.09. The zero-order valence-electron chi connectivity index (χ0n) is 9.02. The van der Waals surface area contributed by atoms with Gasteiger partial charge in [0.1, 0.15) is 0 Å². The average Bonchev–Trinajstić information content (AvgIpc) is 3.04. The van der Waals surface area contributed by atoms with Crippen LogP contribution >= 0.6 is 0 Å². The van der Waals surface area contributed by atoms with Crippen molar-refractivity contribution >= 4 is 0 Å².